The number of aromatic nitrogens is 1. The molecule has 0 N–H and O–H groups in total. The Labute approximate surface area is 115 Å². The standard InChI is InChI=1S/C16H13NOS/c1-11-6-7-17-9-14(11)15(18)8-12-10-19-16-5-3-2-4-13(12)16/h2-7,9-10H,8H2,1H3. The molecule has 0 fully saturated rings. The summed E-state index contributed by atoms with van der Waals surface area (Å²) in [5.74, 6) is 0.133. The van der Waals surface area contributed by atoms with Crippen LogP contribution in [0, 0.1) is 6.92 Å². The largest absolute Gasteiger partial charge is 0.294 e. The first-order chi connectivity index (χ1) is 9.25. The van der Waals surface area contributed by atoms with Crippen LogP contribution in [0.5, 0.6) is 0 Å². The van der Waals surface area contributed by atoms with E-state index in [1.807, 2.05) is 25.1 Å². The number of hydrogen-bond donors (Lipinski definition) is 0. The molecule has 2 nitrogen and oxygen atoms in total. The first-order valence-corrected chi connectivity index (χ1v) is 7.02. The van der Waals surface area contributed by atoms with E-state index >= 15 is 0 Å². The highest BCUT2D eigenvalue weighted by Crippen LogP contribution is 2.26. The van der Waals surface area contributed by atoms with E-state index in [0.29, 0.717) is 6.42 Å². The molecular formula is C16H13NOS. The highest BCUT2D eigenvalue weighted by Gasteiger charge is 2.12. The number of aryl methyl sites for hydroxylation is 1. The van der Waals surface area contributed by atoms with E-state index in [4.69, 9.17) is 0 Å². The first-order valence-electron chi connectivity index (χ1n) is 6.14. The van der Waals surface area contributed by atoms with Gasteiger partial charge >= 0.3 is 0 Å². The van der Waals surface area contributed by atoms with Gasteiger partial charge in [-0.1, -0.05) is 18.2 Å². The van der Waals surface area contributed by atoms with Crippen molar-refractivity contribution in [1.29, 1.82) is 0 Å². The Morgan fingerprint density at radius 1 is 1.26 bits per heavy atom. The third-order valence-electron chi connectivity index (χ3n) is 3.25. The highest BCUT2D eigenvalue weighted by molar-refractivity contribution is 7.17. The van der Waals surface area contributed by atoms with Gasteiger partial charge in [0.25, 0.3) is 0 Å². The van der Waals surface area contributed by atoms with Crippen molar-refractivity contribution < 1.29 is 4.79 Å². The second-order valence-corrected chi connectivity index (χ2v) is 5.46. The van der Waals surface area contributed by atoms with Gasteiger partial charge in [0, 0.05) is 29.1 Å². The molecule has 0 radical (unpaired) electrons. The van der Waals surface area contributed by atoms with Crippen LogP contribution in [0.25, 0.3) is 10.1 Å². The molecule has 0 aliphatic rings. The van der Waals surface area contributed by atoms with Gasteiger partial charge < -0.3 is 0 Å². The van der Waals surface area contributed by atoms with Gasteiger partial charge in [0.15, 0.2) is 5.78 Å². The van der Waals surface area contributed by atoms with E-state index in [-0.39, 0.29) is 5.78 Å². The number of Topliss-reactive ketones (excluding diaryl/α,β-unsaturated/α-hetero) is 1. The topological polar surface area (TPSA) is 30.0 Å². The van der Waals surface area contributed by atoms with Crippen LogP contribution in [0.3, 0.4) is 0 Å². The molecule has 3 rings (SSSR count). The Bertz CT molecular complexity index is 745. The lowest BCUT2D eigenvalue weighted by Gasteiger charge is -2.03. The summed E-state index contributed by atoms with van der Waals surface area (Å²) in [5.41, 5.74) is 2.81. The molecule has 0 saturated carbocycles. The third kappa shape index (κ3) is 2.29. The van der Waals surface area contributed by atoms with Crippen LogP contribution in [0.1, 0.15) is 21.5 Å². The van der Waals surface area contributed by atoms with Crippen LogP contribution in [-0.2, 0) is 6.42 Å². The van der Waals surface area contributed by atoms with Gasteiger partial charge in [0.1, 0.15) is 0 Å². The normalized spacial score (nSPS) is 10.8. The molecule has 0 aliphatic carbocycles. The van der Waals surface area contributed by atoms with Crippen molar-refractivity contribution in [1.82, 2.24) is 4.98 Å². The van der Waals surface area contributed by atoms with E-state index in [1.54, 1.807) is 23.7 Å². The predicted molar refractivity (Wildman–Crippen MR) is 78.8 cm³/mol. The summed E-state index contributed by atoms with van der Waals surface area (Å²) in [6, 6.07) is 10.1. The molecule has 0 unspecified atom stereocenters. The zero-order chi connectivity index (χ0) is 13.2. The van der Waals surface area contributed by atoms with Crippen molar-refractivity contribution in [2.24, 2.45) is 0 Å². The van der Waals surface area contributed by atoms with Crippen LogP contribution in [0.2, 0.25) is 0 Å². The summed E-state index contributed by atoms with van der Waals surface area (Å²) in [4.78, 5) is 16.4. The number of benzene rings is 1. The minimum Gasteiger partial charge on any atom is -0.294 e. The molecule has 19 heavy (non-hydrogen) atoms. The van der Waals surface area contributed by atoms with Crippen molar-refractivity contribution in [2.75, 3.05) is 0 Å². The van der Waals surface area contributed by atoms with E-state index in [2.05, 4.69) is 22.5 Å². The minimum atomic E-state index is 0.133. The lowest BCUT2D eigenvalue weighted by molar-refractivity contribution is 0.0992. The lowest BCUT2D eigenvalue weighted by Crippen LogP contribution is -2.05. The maximum atomic E-state index is 12.3. The van der Waals surface area contributed by atoms with Gasteiger partial charge in [-0.15, -0.1) is 11.3 Å². The zero-order valence-corrected chi connectivity index (χ0v) is 11.4. The maximum absolute atomic E-state index is 12.3. The number of carbonyl (C=O) groups excluding carboxylic acids is 1. The van der Waals surface area contributed by atoms with Crippen LogP contribution in [0.4, 0.5) is 0 Å². The average Bonchev–Trinajstić information content (AvgIpc) is 2.83. The number of hydrogen-bond acceptors (Lipinski definition) is 3. The van der Waals surface area contributed by atoms with Gasteiger partial charge in [-0.25, -0.2) is 0 Å². The van der Waals surface area contributed by atoms with E-state index in [1.165, 1.54) is 10.1 Å². The van der Waals surface area contributed by atoms with Crippen molar-refractivity contribution in [3.05, 3.63) is 64.8 Å². The number of ketones is 1. The van der Waals surface area contributed by atoms with Crippen LogP contribution < -0.4 is 0 Å². The summed E-state index contributed by atoms with van der Waals surface area (Å²) in [7, 11) is 0. The monoisotopic (exact) mass is 267 g/mol. The molecule has 1 aromatic carbocycles. The van der Waals surface area contributed by atoms with E-state index < -0.39 is 0 Å². The third-order valence-corrected chi connectivity index (χ3v) is 4.26. The number of pyridine rings is 1. The molecule has 0 bridgehead atoms. The summed E-state index contributed by atoms with van der Waals surface area (Å²) in [5, 5.41) is 3.26. The van der Waals surface area contributed by atoms with Gasteiger partial charge in [-0.3, -0.25) is 9.78 Å². The fourth-order valence-electron chi connectivity index (χ4n) is 2.19. The molecule has 3 aromatic rings. The maximum Gasteiger partial charge on any atom is 0.169 e. The number of carbonyl (C=O) groups is 1. The predicted octanol–water partition coefficient (Wildman–Crippen LogP) is 4.03. The molecule has 94 valence electrons. The first kappa shape index (κ1) is 12.1. The Kier molecular flexibility index (Phi) is 3.13. The summed E-state index contributed by atoms with van der Waals surface area (Å²) in [6.07, 6.45) is 3.81. The van der Waals surface area contributed by atoms with Gasteiger partial charge in [0.05, 0.1) is 0 Å². The van der Waals surface area contributed by atoms with Gasteiger partial charge in [0.2, 0.25) is 0 Å². The molecule has 0 saturated heterocycles. The Morgan fingerprint density at radius 2 is 2.11 bits per heavy atom. The van der Waals surface area contributed by atoms with Crippen molar-refractivity contribution in [3.63, 3.8) is 0 Å². The molecule has 2 heterocycles. The smallest absolute Gasteiger partial charge is 0.169 e. The molecular weight excluding hydrogens is 254 g/mol. The highest BCUT2D eigenvalue weighted by atomic mass is 32.1. The van der Waals surface area contributed by atoms with Crippen molar-refractivity contribution >= 4 is 27.2 Å². The molecule has 0 amide bonds. The lowest BCUT2D eigenvalue weighted by atomic mass is 10.0. The number of thiophene rings is 1. The summed E-state index contributed by atoms with van der Waals surface area (Å²) < 4.78 is 1.23. The Hall–Kier alpha value is -2.00. The van der Waals surface area contributed by atoms with Crippen LogP contribution >= 0.6 is 11.3 Å². The molecule has 0 aliphatic heterocycles. The summed E-state index contributed by atoms with van der Waals surface area (Å²) in [6.45, 7) is 1.95. The fourth-order valence-corrected chi connectivity index (χ4v) is 3.16. The fraction of sp³-hybridized carbons (Fsp3) is 0.125. The van der Waals surface area contributed by atoms with Crippen LogP contribution in [-0.4, -0.2) is 10.8 Å². The van der Waals surface area contributed by atoms with Gasteiger partial charge in [-0.2, -0.15) is 0 Å². The van der Waals surface area contributed by atoms with Gasteiger partial charge in [-0.05, 0) is 40.9 Å². The number of nitrogens with zero attached hydrogens (tertiary/aromatic N) is 1. The van der Waals surface area contributed by atoms with Crippen LogP contribution in [0.15, 0.2) is 48.1 Å². The molecule has 3 heteroatoms. The minimum absolute atomic E-state index is 0.133. The molecule has 2 aromatic heterocycles. The van der Waals surface area contributed by atoms with Crippen molar-refractivity contribution in [3.8, 4) is 0 Å². The average molecular weight is 267 g/mol. The van der Waals surface area contributed by atoms with Crippen molar-refractivity contribution in [2.45, 2.75) is 13.3 Å². The Balaban J connectivity index is 1.94. The second kappa shape index (κ2) is 4.94. The molecule has 0 atom stereocenters. The van der Waals surface area contributed by atoms with E-state index in [0.717, 1.165) is 16.7 Å². The Morgan fingerprint density at radius 3 is 2.95 bits per heavy atom. The zero-order valence-electron chi connectivity index (χ0n) is 10.6. The van der Waals surface area contributed by atoms with E-state index in [9.17, 15) is 4.79 Å². The SMILES string of the molecule is Cc1ccncc1C(=O)Cc1csc2ccccc12. The second-order valence-electron chi connectivity index (χ2n) is 4.55. The number of fused-ring (bicyclic) bond motifs is 1. The quantitative estimate of drug-likeness (QED) is 0.671. The molecule has 0 spiro atoms. The number of rotatable bonds is 3. The summed E-state index contributed by atoms with van der Waals surface area (Å²) >= 11 is 1.69.